The summed E-state index contributed by atoms with van der Waals surface area (Å²) in [6.07, 6.45) is 1.96. The number of hydrogen-bond donors (Lipinski definition) is 2. The van der Waals surface area contributed by atoms with Crippen LogP contribution in [0.15, 0.2) is 30.3 Å². The number of aromatic nitrogens is 3. The summed E-state index contributed by atoms with van der Waals surface area (Å²) in [5, 5.41) is 1.20. The summed E-state index contributed by atoms with van der Waals surface area (Å²) in [5.74, 6) is 0.198. The maximum atomic E-state index is 13.5. The van der Waals surface area contributed by atoms with Crippen molar-refractivity contribution >= 4 is 40.3 Å². The fourth-order valence-corrected chi connectivity index (χ4v) is 4.40. The van der Waals surface area contributed by atoms with Crippen LogP contribution in [0.1, 0.15) is 18.4 Å². The van der Waals surface area contributed by atoms with Gasteiger partial charge in [-0.25, -0.2) is 0 Å². The molecule has 136 valence electrons. The van der Waals surface area contributed by atoms with Crippen molar-refractivity contribution in [3.8, 4) is 0 Å². The number of rotatable bonds is 3. The van der Waals surface area contributed by atoms with Crippen LogP contribution in [0.3, 0.4) is 0 Å². The third-order valence-corrected chi connectivity index (χ3v) is 5.34. The Bertz CT molecular complexity index is 940. The molecule has 3 heterocycles. The van der Waals surface area contributed by atoms with E-state index in [1.54, 1.807) is 12.1 Å². The van der Waals surface area contributed by atoms with E-state index < -0.39 is 5.95 Å². The van der Waals surface area contributed by atoms with Crippen LogP contribution < -0.4 is 10.2 Å². The Kier molecular flexibility index (Phi) is 4.61. The molecular formula is C18H19Cl2FN5+. The summed E-state index contributed by atoms with van der Waals surface area (Å²) < 4.78 is 14.0. The number of quaternary nitrogens is 1. The highest BCUT2D eigenvalue weighted by Crippen LogP contribution is 2.31. The van der Waals surface area contributed by atoms with Crippen molar-refractivity contribution in [2.75, 3.05) is 13.1 Å². The molecule has 1 fully saturated rings. The first kappa shape index (κ1) is 17.7. The molecule has 0 bridgehead atoms. The van der Waals surface area contributed by atoms with Crippen molar-refractivity contribution in [3.63, 3.8) is 0 Å². The van der Waals surface area contributed by atoms with Gasteiger partial charge in [-0.05, 0) is 43.2 Å². The van der Waals surface area contributed by atoms with E-state index >= 15 is 0 Å². The highest BCUT2D eigenvalue weighted by molar-refractivity contribution is 6.34. The topological polar surface area (TPSA) is 67.6 Å². The van der Waals surface area contributed by atoms with E-state index in [9.17, 15) is 4.39 Å². The zero-order chi connectivity index (χ0) is 18.3. The van der Waals surface area contributed by atoms with Crippen LogP contribution in [0.25, 0.3) is 11.2 Å². The molecule has 1 aromatic carbocycles. The molecule has 3 aromatic rings. The van der Waals surface area contributed by atoms with Crippen LogP contribution in [-0.4, -0.2) is 34.1 Å². The normalized spacial score (nSPS) is 23.5. The lowest BCUT2D eigenvalue weighted by atomic mass is 10.0. The van der Waals surface area contributed by atoms with Gasteiger partial charge in [-0.1, -0.05) is 23.2 Å². The van der Waals surface area contributed by atoms with Crippen molar-refractivity contribution in [2.45, 2.75) is 25.4 Å². The predicted octanol–water partition coefficient (Wildman–Crippen LogP) is 4.03. The van der Waals surface area contributed by atoms with Gasteiger partial charge in [0.05, 0.1) is 18.1 Å². The van der Waals surface area contributed by atoms with Gasteiger partial charge in [-0.15, -0.1) is 0 Å². The Morgan fingerprint density at radius 1 is 1.19 bits per heavy atom. The largest absolute Gasteiger partial charge is 0.323 e. The molecule has 4 rings (SSSR count). The molecule has 1 saturated heterocycles. The lowest BCUT2D eigenvalue weighted by molar-refractivity contribution is 0.193. The second-order valence-electron chi connectivity index (χ2n) is 6.96. The number of nitrogens with zero attached hydrogens (tertiary/aromatic N) is 3. The van der Waals surface area contributed by atoms with Crippen molar-refractivity contribution in [2.24, 2.45) is 5.73 Å². The minimum atomic E-state index is -0.543. The first-order valence-electron chi connectivity index (χ1n) is 8.53. The minimum Gasteiger partial charge on any atom is -0.323 e. The molecule has 5 nitrogen and oxygen atoms in total. The first-order chi connectivity index (χ1) is 12.4. The van der Waals surface area contributed by atoms with Gasteiger partial charge in [0.1, 0.15) is 13.1 Å². The van der Waals surface area contributed by atoms with Gasteiger partial charge < -0.3 is 5.73 Å². The fourth-order valence-electron chi connectivity index (χ4n) is 3.83. The van der Waals surface area contributed by atoms with Gasteiger partial charge in [-0.2, -0.15) is 14.4 Å². The number of imidazole rings is 1. The molecule has 0 spiro atoms. The maximum Gasteiger partial charge on any atom is 0.309 e. The van der Waals surface area contributed by atoms with E-state index in [2.05, 4.69) is 15.0 Å². The number of fused-ring (bicyclic) bond motifs is 1. The van der Waals surface area contributed by atoms with Crippen molar-refractivity contribution in [1.82, 2.24) is 19.4 Å². The Hall–Kier alpha value is -1.73. The van der Waals surface area contributed by atoms with Crippen molar-refractivity contribution in [1.29, 1.82) is 0 Å². The molecular weight excluding hydrogens is 376 g/mol. The number of piperidine rings is 1. The first-order valence-corrected chi connectivity index (χ1v) is 9.29. The van der Waals surface area contributed by atoms with E-state index in [1.165, 1.54) is 6.07 Å². The number of benzene rings is 1. The van der Waals surface area contributed by atoms with Crippen molar-refractivity contribution < 1.29 is 4.39 Å². The fraction of sp³-hybridized carbons (Fsp3) is 0.333. The standard InChI is InChI=1S/C18H19Cl2FN5/c19-12-6-11(7-13(20)8-12)9-26(5-1-2-14(22)10-26)18-23-15-3-4-16(21)24-17(15)25-18/h3-4,6-8,14H,1-2,5,9-10,22H2,(H,23,24,25)/q+1. The summed E-state index contributed by atoms with van der Waals surface area (Å²) in [4.78, 5) is 11.8. The van der Waals surface area contributed by atoms with E-state index in [4.69, 9.17) is 28.9 Å². The van der Waals surface area contributed by atoms with Gasteiger partial charge in [0.25, 0.3) is 0 Å². The highest BCUT2D eigenvalue weighted by Gasteiger charge is 2.39. The molecule has 0 radical (unpaired) electrons. The third kappa shape index (κ3) is 3.42. The van der Waals surface area contributed by atoms with E-state index in [0.717, 1.165) is 37.4 Å². The number of nitrogens with one attached hydrogen (secondary N) is 1. The van der Waals surface area contributed by atoms with Crippen LogP contribution in [-0.2, 0) is 6.54 Å². The molecule has 0 amide bonds. The Morgan fingerprint density at radius 3 is 2.69 bits per heavy atom. The SMILES string of the molecule is NC1CCC[N+](Cc2cc(Cl)cc(Cl)c2)(c2nc3nc(F)ccc3[nH]2)C1. The number of aromatic amines is 1. The van der Waals surface area contributed by atoms with Crippen LogP contribution >= 0.6 is 23.2 Å². The monoisotopic (exact) mass is 394 g/mol. The van der Waals surface area contributed by atoms with Crippen molar-refractivity contribution in [3.05, 3.63) is 51.9 Å². The third-order valence-electron chi connectivity index (χ3n) is 4.90. The van der Waals surface area contributed by atoms with Gasteiger partial charge in [-0.3, -0.25) is 9.47 Å². The van der Waals surface area contributed by atoms with Crippen LogP contribution in [0, 0.1) is 5.95 Å². The number of likely N-dealkylation sites (tertiary alicyclic amines) is 1. The van der Waals surface area contributed by atoms with Crippen LogP contribution in [0.2, 0.25) is 10.0 Å². The van der Waals surface area contributed by atoms with E-state index in [1.807, 2.05) is 12.1 Å². The Balaban J connectivity index is 1.79. The smallest absolute Gasteiger partial charge is 0.309 e. The molecule has 3 N–H and O–H groups in total. The lowest BCUT2D eigenvalue weighted by Crippen LogP contribution is -2.59. The summed E-state index contributed by atoms with van der Waals surface area (Å²) in [7, 11) is 0. The maximum absolute atomic E-state index is 13.5. The van der Waals surface area contributed by atoms with Gasteiger partial charge in [0.15, 0.2) is 5.65 Å². The highest BCUT2D eigenvalue weighted by atomic mass is 35.5. The second kappa shape index (κ2) is 6.78. The molecule has 2 aromatic heterocycles. The average Bonchev–Trinajstić information content (AvgIpc) is 2.97. The van der Waals surface area contributed by atoms with Gasteiger partial charge in [0, 0.05) is 15.6 Å². The van der Waals surface area contributed by atoms with Crippen LogP contribution in [0.5, 0.6) is 0 Å². The van der Waals surface area contributed by atoms with Crippen LogP contribution in [0.4, 0.5) is 10.3 Å². The molecule has 1 aliphatic heterocycles. The summed E-state index contributed by atoms with van der Waals surface area (Å²) in [6, 6.07) is 8.59. The van der Waals surface area contributed by atoms with Gasteiger partial charge >= 0.3 is 5.95 Å². The Morgan fingerprint density at radius 2 is 1.96 bits per heavy atom. The average molecular weight is 395 g/mol. The quantitative estimate of drug-likeness (QED) is 0.520. The lowest BCUT2D eigenvalue weighted by Gasteiger charge is -2.40. The second-order valence-corrected chi connectivity index (χ2v) is 7.83. The predicted molar refractivity (Wildman–Crippen MR) is 103 cm³/mol. The molecule has 2 atom stereocenters. The summed E-state index contributed by atoms with van der Waals surface area (Å²) in [6.45, 7) is 2.25. The zero-order valence-electron chi connectivity index (χ0n) is 14.1. The molecule has 26 heavy (non-hydrogen) atoms. The summed E-state index contributed by atoms with van der Waals surface area (Å²) >= 11 is 12.4. The zero-order valence-corrected chi connectivity index (χ0v) is 15.6. The van der Waals surface area contributed by atoms with E-state index in [0.29, 0.717) is 32.2 Å². The number of hydrogen-bond acceptors (Lipinski definition) is 3. The Labute approximate surface area is 160 Å². The number of nitrogens with two attached hydrogens (primary N) is 1. The number of pyridine rings is 1. The molecule has 8 heteroatoms. The van der Waals surface area contributed by atoms with Gasteiger partial charge in [0.2, 0.25) is 5.95 Å². The molecule has 0 saturated carbocycles. The number of H-pyrrole nitrogens is 1. The molecule has 1 aliphatic rings. The van der Waals surface area contributed by atoms with E-state index in [-0.39, 0.29) is 6.04 Å². The molecule has 0 aliphatic carbocycles. The minimum absolute atomic E-state index is 0.0660. The summed E-state index contributed by atoms with van der Waals surface area (Å²) in [5.41, 5.74) is 8.39. The number of halogens is 3. The molecule has 2 unspecified atom stereocenters.